The topological polar surface area (TPSA) is 50.7 Å². The van der Waals surface area contributed by atoms with Crippen molar-refractivity contribution in [2.24, 2.45) is 4.99 Å². The number of rotatable bonds is 3. The van der Waals surface area contributed by atoms with Gasteiger partial charge in [-0.2, -0.15) is 0 Å². The molecule has 0 amide bonds. The molecule has 120 valence electrons. The fourth-order valence-corrected chi connectivity index (χ4v) is 2.70. The van der Waals surface area contributed by atoms with Gasteiger partial charge >= 0.3 is 5.97 Å². The molecule has 0 saturated carbocycles. The van der Waals surface area contributed by atoms with Gasteiger partial charge in [0.25, 0.3) is 0 Å². The summed E-state index contributed by atoms with van der Waals surface area (Å²) in [6.45, 7) is 3.99. The average Bonchev–Trinajstić information content (AvgIpc) is 2.47. The zero-order chi connectivity index (χ0) is 15.4. The van der Waals surface area contributed by atoms with Crippen LogP contribution >= 0.6 is 23.4 Å². The lowest BCUT2D eigenvalue weighted by Crippen LogP contribution is -3.00. The highest BCUT2D eigenvalue weighted by atomic mass is 127. The van der Waals surface area contributed by atoms with Gasteiger partial charge < -0.3 is 34.0 Å². The minimum Gasteiger partial charge on any atom is -1.00 e. The molecule has 0 radical (unpaired) electrons. The summed E-state index contributed by atoms with van der Waals surface area (Å²) in [4.78, 5) is 16.8. The second-order valence-electron chi connectivity index (χ2n) is 4.48. The Morgan fingerprint density at radius 1 is 1.41 bits per heavy atom. The van der Waals surface area contributed by atoms with Crippen LogP contribution in [0, 0.1) is 0 Å². The van der Waals surface area contributed by atoms with Gasteiger partial charge in [0, 0.05) is 10.7 Å². The molecule has 0 fully saturated rings. The molecule has 0 spiro atoms. The van der Waals surface area contributed by atoms with Crippen molar-refractivity contribution in [2.45, 2.75) is 19.9 Å². The maximum atomic E-state index is 12.2. The molecular formula is C15H17ClIN2O2S-. The van der Waals surface area contributed by atoms with Gasteiger partial charge in [0.15, 0.2) is 5.17 Å². The van der Waals surface area contributed by atoms with Crippen molar-refractivity contribution in [2.75, 3.05) is 12.9 Å². The second kappa shape index (κ2) is 8.79. The molecule has 1 unspecified atom stereocenters. The number of esters is 1. The van der Waals surface area contributed by atoms with Crippen LogP contribution in [0.2, 0.25) is 5.02 Å². The monoisotopic (exact) mass is 451 g/mol. The van der Waals surface area contributed by atoms with Gasteiger partial charge in [-0.25, -0.2) is 9.79 Å². The van der Waals surface area contributed by atoms with Gasteiger partial charge in [0.05, 0.1) is 12.2 Å². The SMILES string of the molecule is CCOC(=O)C1=C(C)NC(SC)=NC1c1ccc(Cl)cc1.[I-]. The van der Waals surface area contributed by atoms with Crippen molar-refractivity contribution in [1.82, 2.24) is 5.32 Å². The predicted molar refractivity (Wildman–Crippen MR) is 87.6 cm³/mol. The van der Waals surface area contributed by atoms with Crippen molar-refractivity contribution >= 4 is 34.5 Å². The minimum atomic E-state index is -0.370. The lowest BCUT2D eigenvalue weighted by Gasteiger charge is -2.25. The smallest absolute Gasteiger partial charge is 0.338 e. The quantitative estimate of drug-likeness (QED) is 0.539. The number of amidine groups is 1. The van der Waals surface area contributed by atoms with Gasteiger partial charge in [-0.15, -0.1) is 0 Å². The van der Waals surface area contributed by atoms with Crippen molar-refractivity contribution in [3.63, 3.8) is 0 Å². The number of carbonyl (C=O) groups is 1. The van der Waals surface area contributed by atoms with Crippen LogP contribution in [0.1, 0.15) is 25.5 Å². The van der Waals surface area contributed by atoms with Gasteiger partial charge in [-0.1, -0.05) is 35.5 Å². The number of carbonyl (C=O) groups excluding carboxylic acids is 1. The summed E-state index contributed by atoms with van der Waals surface area (Å²) in [7, 11) is 0. The minimum absolute atomic E-state index is 0. The first-order chi connectivity index (χ1) is 10.1. The highest BCUT2D eigenvalue weighted by Gasteiger charge is 2.29. The normalized spacial score (nSPS) is 17.3. The number of halogens is 2. The zero-order valence-electron chi connectivity index (χ0n) is 12.5. The van der Waals surface area contributed by atoms with Gasteiger partial charge in [-0.3, -0.25) is 0 Å². The number of ether oxygens (including phenoxy) is 1. The third-order valence-electron chi connectivity index (χ3n) is 3.09. The molecule has 1 aliphatic rings. The molecule has 0 aliphatic carbocycles. The van der Waals surface area contributed by atoms with Crippen molar-refractivity contribution in [3.8, 4) is 0 Å². The second-order valence-corrected chi connectivity index (χ2v) is 5.71. The molecule has 1 heterocycles. The van der Waals surface area contributed by atoms with E-state index in [4.69, 9.17) is 16.3 Å². The van der Waals surface area contributed by atoms with E-state index >= 15 is 0 Å². The van der Waals surface area contributed by atoms with Gasteiger partial charge in [-0.05, 0) is 37.8 Å². The molecule has 1 N–H and O–H groups in total. The van der Waals surface area contributed by atoms with Crippen LogP contribution in [-0.4, -0.2) is 24.0 Å². The molecule has 7 heteroatoms. The number of allylic oxidation sites excluding steroid dienone is 1. The highest BCUT2D eigenvalue weighted by Crippen LogP contribution is 2.33. The van der Waals surface area contributed by atoms with Crippen molar-refractivity contribution < 1.29 is 33.5 Å². The fourth-order valence-electron chi connectivity index (χ4n) is 2.11. The summed E-state index contributed by atoms with van der Waals surface area (Å²) in [5.74, 6) is -0.341. The largest absolute Gasteiger partial charge is 1.00 e. The van der Waals surface area contributed by atoms with Crippen LogP contribution in [0.5, 0.6) is 0 Å². The number of thioether (sulfide) groups is 1. The summed E-state index contributed by atoms with van der Waals surface area (Å²) in [5, 5.41) is 4.56. The first-order valence-electron chi connectivity index (χ1n) is 6.59. The number of nitrogens with one attached hydrogen (secondary N) is 1. The Balaban J connectivity index is 0.00000242. The molecule has 0 saturated heterocycles. The Labute approximate surface area is 156 Å². The van der Waals surface area contributed by atoms with E-state index in [2.05, 4.69) is 10.3 Å². The zero-order valence-corrected chi connectivity index (χ0v) is 16.3. The maximum Gasteiger partial charge on any atom is 0.338 e. The number of hydrogen-bond donors (Lipinski definition) is 1. The van der Waals surface area contributed by atoms with E-state index in [1.807, 2.05) is 25.3 Å². The van der Waals surface area contributed by atoms with Crippen molar-refractivity contribution in [3.05, 3.63) is 46.1 Å². The molecule has 4 nitrogen and oxygen atoms in total. The van der Waals surface area contributed by atoms with Crippen LogP contribution in [0.3, 0.4) is 0 Å². The molecule has 2 rings (SSSR count). The summed E-state index contributed by atoms with van der Waals surface area (Å²) in [6, 6.07) is 6.99. The molecule has 0 aromatic heterocycles. The summed E-state index contributed by atoms with van der Waals surface area (Å²) in [6.07, 6.45) is 1.94. The Morgan fingerprint density at radius 3 is 2.59 bits per heavy atom. The molecule has 1 aromatic rings. The van der Waals surface area contributed by atoms with Crippen molar-refractivity contribution in [1.29, 1.82) is 0 Å². The third-order valence-corrected chi connectivity index (χ3v) is 3.94. The Hall–Kier alpha value is -0.730. The molecule has 1 aromatic carbocycles. The molecule has 1 aliphatic heterocycles. The fraction of sp³-hybridized carbons (Fsp3) is 0.333. The first kappa shape index (κ1) is 19.3. The van der Waals surface area contributed by atoms with E-state index in [-0.39, 0.29) is 36.0 Å². The van der Waals surface area contributed by atoms with Gasteiger partial charge in [0.1, 0.15) is 6.04 Å². The number of hydrogen-bond acceptors (Lipinski definition) is 5. The summed E-state index contributed by atoms with van der Waals surface area (Å²) < 4.78 is 5.16. The van der Waals surface area contributed by atoms with E-state index < -0.39 is 0 Å². The lowest BCUT2D eigenvalue weighted by atomic mass is 9.97. The first-order valence-corrected chi connectivity index (χ1v) is 8.19. The number of aliphatic imine (C=N–C) groups is 1. The van der Waals surface area contributed by atoms with Crippen LogP contribution < -0.4 is 29.3 Å². The Morgan fingerprint density at radius 2 is 2.05 bits per heavy atom. The average molecular weight is 452 g/mol. The summed E-state index contributed by atoms with van der Waals surface area (Å²) in [5.41, 5.74) is 2.22. The standard InChI is InChI=1S/C15H17ClN2O2S.HI/c1-4-20-14(19)12-9(2)17-15(21-3)18-13(12)10-5-7-11(16)8-6-10;/h5-8,13H,4H2,1-3H3,(H,17,18);1H/p-1. The van der Waals surface area contributed by atoms with Crippen LogP contribution in [0.25, 0.3) is 0 Å². The Bertz CT molecular complexity index is 602. The molecule has 22 heavy (non-hydrogen) atoms. The summed E-state index contributed by atoms with van der Waals surface area (Å²) >= 11 is 7.43. The predicted octanol–water partition coefficient (Wildman–Crippen LogP) is 0.544. The van der Waals surface area contributed by atoms with E-state index in [1.165, 1.54) is 11.8 Å². The van der Waals surface area contributed by atoms with Gasteiger partial charge in [0.2, 0.25) is 0 Å². The molecular weight excluding hydrogens is 435 g/mol. The van der Waals surface area contributed by atoms with E-state index in [9.17, 15) is 4.79 Å². The molecule has 1 atom stereocenters. The van der Waals surface area contributed by atoms with E-state index in [1.54, 1.807) is 19.1 Å². The number of nitrogens with zero attached hydrogens (tertiary/aromatic N) is 1. The van der Waals surface area contributed by atoms with Crippen LogP contribution in [0.15, 0.2) is 40.5 Å². The van der Waals surface area contributed by atoms with Crippen LogP contribution in [0.4, 0.5) is 0 Å². The van der Waals surface area contributed by atoms with Crippen LogP contribution in [-0.2, 0) is 9.53 Å². The van der Waals surface area contributed by atoms with E-state index in [0.717, 1.165) is 16.4 Å². The Kier molecular flexibility index (Phi) is 7.71. The molecule has 0 bridgehead atoms. The maximum absolute atomic E-state index is 12.2. The van der Waals surface area contributed by atoms with E-state index in [0.29, 0.717) is 17.2 Å². The number of benzene rings is 1. The lowest BCUT2D eigenvalue weighted by molar-refractivity contribution is -0.138. The third kappa shape index (κ3) is 4.39. The highest BCUT2D eigenvalue weighted by molar-refractivity contribution is 8.13.